The highest BCUT2D eigenvalue weighted by atomic mass is 16.4. The minimum atomic E-state index is -0.723. The molecular formula is C15H23N3O2. The minimum Gasteiger partial charge on any atom is -0.480 e. The van der Waals surface area contributed by atoms with Crippen LogP contribution in [0.2, 0.25) is 0 Å². The molecule has 110 valence electrons. The average Bonchev–Trinajstić information content (AvgIpc) is 3.03. The summed E-state index contributed by atoms with van der Waals surface area (Å²) in [5, 5.41) is 9.48. The topological polar surface area (TPSA) is 58.4 Å². The van der Waals surface area contributed by atoms with Gasteiger partial charge in [-0.3, -0.25) is 4.90 Å². The fourth-order valence-corrected chi connectivity index (χ4v) is 3.73. The van der Waals surface area contributed by atoms with Gasteiger partial charge in [-0.15, -0.1) is 0 Å². The monoisotopic (exact) mass is 277 g/mol. The van der Waals surface area contributed by atoms with Crippen molar-refractivity contribution in [1.29, 1.82) is 0 Å². The molecule has 3 rings (SSSR count). The number of aliphatic carboxylic acids is 1. The number of fused-ring (bicyclic) bond motifs is 1. The maximum Gasteiger partial charge on any atom is 0.326 e. The third-order valence-electron chi connectivity index (χ3n) is 4.66. The van der Waals surface area contributed by atoms with E-state index < -0.39 is 12.0 Å². The highest BCUT2D eigenvalue weighted by Gasteiger charge is 2.36. The first kappa shape index (κ1) is 13.6. The van der Waals surface area contributed by atoms with Crippen molar-refractivity contribution in [2.75, 3.05) is 6.54 Å². The summed E-state index contributed by atoms with van der Waals surface area (Å²) >= 11 is 0. The van der Waals surface area contributed by atoms with Crippen molar-refractivity contribution in [1.82, 2.24) is 14.5 Å². The second-order valence-electron chi connectivity index (χ2n) is 6.21. The van der Waals surface area contributed by atoms with Gasteiger partial charge in [0.1, 0.15) is 11.9 Å². The van der Waals surface area contributed by atoms with Crippen LogP contribution >= 0.6 is 0 Å². The van der Waals surface area contributed by atoms with Crippen molar-refractivity contribution in [2.24, 2.45) is 0 Å². The second kappa shape index (κ2) is 5.20. The van der Waals surface area contributed by atoms with Crippen LogP contribution in [0.1, 0.15) is 63.1 Å². The molecule has 3 heterocycles. The maximum atomic E-state index is 11.5. The van der Waals surface area contributed by atoms with Crippen LogP contribution in [0, 0.1) is 0 Å². The third-order valence-corrected chi connectivity index (χ3v) is 4.66. The zero-order valence-corrected chi connectivity index (χ0v) is 12.2. The molecule has 2 atom stereocenters. The molecule has 2 aliphatic rings. The Morgan fingerprint density at radius 2 is 2.20 bits per heavy atom. The lowest BCUT2D eigenvalue weighted by Gasteiger charge is -2.31. The van der Waals surface area contributed by atoms with Crippen LogP contribution in [-0.4, -0.2) is 38.1 Å². The van der Waals surface area contributed by atoms with E-state index in [0.717, 1.165) is 43.7 Å². The molecule has 1 saturated heterocycles. The van der Waals surface area contributed by atoms with Crippen molar-refractivity contribution < 1.29 is 9.90 Å². The smallest absolute Gasteiger partial charge is 0.326 e. The molecule has 20 heavy (non-hydrogen) atoms. The number of likely N-dealkylation sites (tertiary alicyclic amines) is 1. The molecule has 2 unspecified atom stereocenters. The summed E-state index contributed by atoms with van der Waals surface area (Å²) in [6.07, 6.45) is 6.76. The Morgan fingerprint density at radius 1 is 1.40 bits per heavy atom. The van der Waals surface area contributed by atoms with E-state index in [1.54, 1.807) is 0 Å². The molecule has 0 saturated carbocycles. The van der Waals surface area contributed by atoms with Crippen LogP contribution in [0.3, 0.4) is 0 Å². The molecule has 0 aliphatic carbocycles. The van der Waals surface area contributed by atoms with E-state index in [1.165, 1.54) is 6.42 Å². The van der Waals surface area contributed by atoms with E-state index in [-0.39, 0.29) is 6.04 Å². The first-order valence-corrected chi connectivity index (χ1v) is 7.64. The van der Waals surface area contributed by atoms with Crippen LogP contribution < -0.4 is 0 Å². The molecule has 1 N–H and O–H groups in total. The summed E-state index contributed by atoms with van der Waals surface area (Å²) in [5.74, 6) is 0.248. The summed E-state index contributed by atoms with van der Waals surface area (Å²) in [5.41, 5.74) is 1.09. The highest BCUT2D eigenvalue weighted by molar-refractivity contribution is 5.72. The fraction of sp³-hybridized carbons (Fsp3) is 0.733. The molecule has 5 heteroatoms. The van der Waals surface area contributed by atoms with E-state index in [4.69, 9.17) is 0 Å². The molecule has 0 aromatic carbocycles. The number of hydrogen-bond acceptors (Lipinski definition) is 3. The van der Waals surface area contributed by atoms with Crippen LogP contribution in [0.15, 0.2) is 6.20 Å². The average molecular weight is 277 g/mol. The van der Waals surface area contributed by atoms with E-state index in [0.29, 0.717) is 6.04 Å². The van der Waals surface area contributed by atoms with Gasteiger partial charge < -0.3 is 9.67 Å². The number of aryl methyl sites for hydroxylation is 1. The van der Waals surface area contributed by atoms with Gasteiger partial charge in [0.25, 0.3) is 0 Å². The highest BCUT2D eigenvalue weighted by Crippen LogP contribution is 2.37. The number of nitrogens with zero attached hydrogens (tertiary/aromatic N) is 3. The Kier molecular flexibility index (Phi) is 3.54. The van der Waals surface area contributed by atoms with Gasteiger partial charge in [-0.2, -0.15) is 0 Å². The summed E-state index contributed by atoms with van der Waals surface area (Å²) < 4.78 is 2.01. The van der Waals surface area contributed by atoms with Gasteiger partial charge in [0, 0.05) is 17.9 Å². The number of rotatable bonds is 3. The lowest BCUT2D eigenvalue weighted by Crippen LogP contribution is -2.34. The van der Waals surface area contributed by atoms with Gasteiger partial charge in [-0.25, -0.2) is 9.78 Å². The van der Waals surface area contributed by atoms with E-state index in [2.05, 4.69) is 23.7 Å². The number of aromatic nitrogens is 2. The largest absolute Gasteiger partial charge is 0.480 e. The Morgan fingerprint density at radius 3 is 2.90 bits per heavy atom. The first-order valence-electron chi connectivity index (χ1n) is 7.64. The molecule has 1 aromatic rings. The van der Waals surface area contributed by atoms with Crippen molar-refractivity contribution in [3.63, 3.8) is 0 Å². The third kappa shape index (κ3) is 2.14. The van der Waals surface area contributed by atoms with Gasteiger partial charge in [-0.1, -0.05) is 0 Å². The number of hydrogen-bond donors (Lipinski definition) is 1. The molecule has 0 bridgehead atoms. The fourth-order valence-electron chi connectivity index (χ4n) is 3.73. The van der Waals surface area contributed by atoms with Crippen LogP contribution in [0.5, 0.6) is 0 Å². The zero-order valence-electron chi connectivity index (χ0n) is 12.2. The summed E-state index contributed by atoms with van der Waals surface area (Å²) in [4.78, 5) is 18.6. The van der Waals surface area contributed by atoms with Crippen LogP contribution in [-0.2, 0) is 11.2 Å². The molecule has 0 amide bonds. The Labute approximate surface area is 119 Å². The molecule has 0 radical (unpaired) electrons. The minimum absolute atomic E-state index is 0.281. The number of carboxylic acid groups (broad SMARTS) is 1. The van der Waals surface area contributed by atoms with Gasteiger partial charge >= 0.3 is 5.97 Å². The Balaban J connectivity index is 1.99. The molecule has 1 fully saturated rings. The van der Waals surface area contributed by atoms with Crippen molar-refractivity contribution in [2.45, 2.75) is 64.1 Å². The van der Waals surface area contributed by atoms with Gasteiger partial charge in [0.05, 0.1) is 6.04 Å². The van der Waals surface area contributed by atoms with Gasteiger partial charge in [-0.05, 0) is 52.5 Å². The number of imidazole rings is 1. The van der Waals surface area contributed by atoms with Crippen LogP contribution in [0.25, 0.3) is 0 Å². The second-order valence-corrected chi connectivity index (χ2v) is 6.21. The van der Waals surface area contributed by atoms with E-state index in [1.807, 2.05) is 10.8 Å². The first-order chi connectivity index (χ1) is 9.59. The standard InChI is InChI=1S/C15H23N3O2/c1-10(2)17-8-4-7-12(17)14-16-9-11-5-3-6-13(15(19)20)18(11)14/h9-10,12-13H,3-8H2,1-2H3,(H,19,20). The predicted molar refractivity (Wildman–Crippen MR) is 75.7 cm³/mol. The molecule has 2 aliphatic heterocycles. The van der Waals surface area contributed by atoms with Crippen molar-refractivity contribution in [3.8, 4) is 0 Å². The molecule has 5 nitrogen and oxygen atoms in total. The molecule has 1 aromatic heterocycles. The Hall–Kier alpha value is -1.36. The Bertz CT molecular complexity index is 509. The van der Waals surface area contributed by atoms with Crippen molar-refractivity contribution >= 4 is 5.97 Å². The van der Waals surface area contributed by atoms with Gasteiger partial charge in [0.15, 0.2) is 0 Å². The summed E-state index contributed by atoms with van der Waals surface area (Å²) in [6, 6.07) is 0.330. The SMILES string of the molecule is CC(C)N1CCCC1c1ncc2n1C(C(=O)O)CCC2. The van der Waals surface area contributed by atoms with E-state index >= 15 is 0 Å². The number of carboxylic acids is 1. The summed E-state index contributed by atoms with van der Waals surface area (Å²) in [6.45, 7) is 5.49. The predicted octanol–water partition coefficient (Wildman–Crippen LogP) is 2.39. The number of carbonyl (C=O) groups is 1. The quantitative estimate of drug-likeness (QED) is 0.921. The zero-order chi connectivity index (χ0) is 14.3. The van der Waals surface area contributed by atoms with E-state index in [9.17, 15) is 9.90 Å². The normalized spacial score (nSPS) is 26.9. The molecular weight excluding hydrogens is 254 g/mol. The maximum absolute atomic E-state index is 11.5. The lowest BCUT2D eigenvalue weighted by molar-refractivity contribution is -0.141. The van der Waals surface area contributed by atoms with Crippen LogP contribution in [0.4, 0.5) is 0 Å². The molecule has 0 spiro atoms. The van der Waals surface area contributed by atoms with Crippen molar-refractivity contribution in [3.05, 3.63) is 17.7 Å². The van der Waals surface area contributed by atoms with Gasteiger partial charge in [0.2, 0.25) is 0 Å². The lowest BCUT2D eigenvalue weighted by atomic mass is 10.0. The summed E-state index contributed by atoms with van der Waals surface area (Å²) in [7, 11) is 0.